The molecule has 0 atom stereocenters. The molecule has 126 valence electrons. The number of aryl methyl sites for hydroxylation is 1. The van der Waals surface area contributed by atoms with E-state index in [0.717, 1.165) is 38.1 Å². The summed E-state index contributed by atoms with van der Waals surface area (Å²) in [6.45, 7) is 0.797. The lowest BCUT2D eigenvalue weighted by atomic mass is 10.2. The van der Waals surface area contributed by atoms with Gasteiger partial charge in [-0.25, -0.2) is 0 Å². The van der Waals surface area contributed by atoms with Gasteiger partial charge in [-0.15, -0.1) is 10.2 Å². The summed E-state index contributed by atoms with van der Waals surface area (Å²) in [7, 11) is 0. The Morgan fingerprint density at radius 2 is 2.25 bits per heavy atom. The Labute approximate surface area is 142 Å². The topological polar surface area (TPSA) is 67.6 Å². The Morgan fingerprint density at radius 3 is 3.04 bits per heavy atom. The molecule has 0 bridgehead atoms. The maximum Gasteiger partial charge on any atom is 0.284 e. The van der Waals surface area contributed by atoms with Gasteiger partial charge in [-0.05, 0) is 25.0 Å². The minimum atomic E-state index is -2.43. The molecule has 0 saturated heterocycles. The Balaban J connectivity index is 1.83. The van der Waals surface area contributed by atoms with Crippen molar-refractivity contribution >= 4 is 23.4 Å². The van der Waals surface area contributed by atoms with Crippen LogP contribution in [0.25, 0.3) is 11.6 Å². The number of fused-ring (bicyclic) bond motifs is 1. The first-order chi connectivity index (χ1) is 11.7. The van der Waals surface area contributed by atoms with Gasteiger partial charge in [0.1, 0.15) is 29.0 Å². The molecule has 3 rings (SSSR count). The van der Waals surface area contributed by atoms with Crippen LogP contribution in [-0.2, 0) is 18.7 Å². The van der Waals surface area contributed by atoms with Crippen LogP contribution >= 0.6 is 11.8 Å². The highest BCUT2D eigenvalue weighted by Crippen LogP contribution is 2.24. The number of alkyl halides is 2. The highest BCUT2D eigenvalue weighted by Gasteiger charge is 2.18. The lowest BCUT2D eigenvalue weighted by molar-refractivity contribution is 0.251. The summed E-state index contributed by atoms with van der Waals surface area (Å²) >= 11 is 0.502. The summed E-state index contributed by atoms with van der Waals surface area (Å²) in [6.07, 6.45) is 5.69. The second-order valence-electron chi connectivity index (χ2n) is 5.45. The van der Waals surface area contributed by atoms with Crippen LogP contribution in [0.3, 0.4) is 0 Å². The van der Waals surface area contributed by atoms with E-state index in [4.69, 9.17) is 4.42 Å². The smallest absolute Gasteiger partial charge is 0.284 e. The average molecular weight is 350 g/mol. The van der Waals surface area contributed by atoms with Crippen LogP contribution in [-0.4, -0.2) is 20.5 Å². The van der Waals surface area contributed by atoms with Gasteiger partial charge in [0.15, 0.2) is 5.82 Å². The van der Waals surface area contributed by atoms with Crippen LogP contribution in [0.5, 0.6) is 0 Å². The molecule has 2 aromatic heterocycles. The Kier molecular flexibility index (Phi) is 5.30. The van der Waals surface area contributed by atoms with E-state index in [1.54, 1.807) is 18.2 Å². The zero-order chi connectivity index (χ0) is 16.9. The molecule has 0 radical (unpaired) electrons. The second-order valence-corrected chi connectivity index (χ2v) is 6.43. The second kappa shape index (κ2) is 7.62. The zero-order valence-electron chi connectivity index (χ0n) is 12.9. The average Bonchev–Trinajstić information content (AvgIpc) is 3.11. The number of rotatable bonds is 5. The molecule has 0 spiro atoms. The lowest BCUT2D eigenvalue weighted by Gasteiger charge is -2.05. The van der Waals surface area contributed by atoms with Gasteiger partial charge in [-0.3, -0.25) is 0 Å². The molecule has 0 aliphatic carbocycles. The van der Waals surface area contributed by atoms with E-state index in [2.05, 4.69) is 16.3 Å². The van der Waals surface area contributed by atoms with Gasteiger partial charge < -0.3 is 8.98 Å². The quantitative estimate of drug-likeness (QED) is 0.759. The molecular weight excluding hydrogens is 334 g/mol. The number of nitrogens with zero attached hydrogens (tertiary/aromatic N) is 4. The third-order valence-corrected chi connectivity index (χ3v) is 4.49. The van der Waals surface area contributed by atoms with Gasteiger partial charge in [0.25, 0.3) is 5.76 Å². The van der Waals surface area contributed by atoms with Gasteiger partial charge in [0.2, 0.25) is 0 Å². The summed E-state index contributed by atoms with van der Waals surface area (Å²) in [4.78, 5) is 0. The maximum absolute atomic E-state index is 12.2. The predicted molar refractivity (Wildman–Crippen MR) is 87.1 cm³/mol. The van der Waals surface area contributed by atoms with Crippen molar-refractivity contribution in [3.63, 3.8) is 0 Å². The number of hydrogen-bond donors (Lipinski definition) is 0. The fourth-order valence-electron chi connectivity index (χ4n) is 2.67. The first-order valence-electron chi connectivity index (χ1n) is 7.70. The molecular formula is C16H16F2N4OS. The molecule has 1 aliphatic heterocycles. The molecule has 8 heteroatoms. The predicted octanol–water partition coefficient (Wildman–Crippen LogP) is 4.12. The van der Waals surface area contributed by atoms with E-state index in [1.165, 1.54) is 0 Å². The molecule has 0 aromatic carbocycles. The third kappa shape index (κ3) is 3.85. The molecule has 3 heterocycles. The fraction of sp³-hybridized carbons (Fsp3) is 0.438. The van der Waals surface area contributed by atoms with Crippen molar-refractivity contribution in [2.24, 2.45) is 0 Å². The molecule has 0 saturated carbocycles. The van der Waals surface area contributed by atoms with Gasteiger partial charge in [0.05, 0.1) is 5.75 Å². The molecule has 0 unspecified atom stereocenters. The molecule has 1 aliphatic rings. The van der Waals surface area contributed by atoms with Crippen molar-refractivity contribution in [2.75, 3.05) is 0 Å². The van der Waals surface area contributed by atoms with Crippen LogP contribution in [0.1, 0.15) is 42.4 Å². The summed E-state index contributed by atoms with van der Waals surface area (Å²) in [5.41, 5.74) is 0.359. The molecule has 24 heavy (non-hydrogen) atoms. The lowest BCUT2D eigenvalue weighted by Crippen LogP contribution is -2.05. The standard InChI is InChI=1S/C16H16F2N4OS/c17-16(18)24-10-13-6-5-12(23-13)8-11(9-19)15-21-20-14-4-2-1-3-7-22(14)15/h5-6,8,16H,1-4,7,10H2/b11-8+. The molecule has 0 fully saturated rings. The van der Waals surface area contributed by atoms with Crippen LogP contribution in [0.4, 0.5) is 8.78 Å². The summed E-state index contributed by atoms with van der Waals surface area (Å²) < 4.78 is 31.9. The van der Waals surface area contributed by atoms with Crippen molar-refractivity contribution in [3.05, 3.63) is 35.3 Å². The van der Waals surface area contributed by atoms with Crippen LogP contribution in [0, 0.1) is 11.3 Å². The highest BCUT2D eigenvalue weighted by molar-refractivity contribution is 7.98. The first-order valence-corrected chi connectivity index (χ1v) is 8.75. The van der Waals surface area contributed by atoms with Gasteiger partial charge in [-0.1, -0.05) is 18.2 Å². The van der Waals surface area contributed by atoms with E-state index in [-0.39, 0.29) is 5.75 Å². The fourth-order valence-corrected chi connectivity index (χ4v) is 3.11. The number of furan rings is 1. The van der Waals surface area contributed by atoms with Gasteiger partial charge in [-0.2, -0.15) is 14.0 Å². The van der Waals surface area contributed by atoms with E-state index >= 15 is 0 Å². The van der Waals surface area contributed by atoms with E-state index in [1.807, 2.05) is 4.57 Å². The molecule has 5 nitrogen and oxygen atoms in total. The van der Waals surface area contributed by atoms with Gasteiger partial charge >= 0.3 is 0 Å². The Morgan fingerprint density at radius 1 is 1.38 bits per heavy atom. The number of halogens is 2. The normalized spacial score (nSPS) is 15.2. The van der Waals surface area contributed by atoms with Crippen molar-refractivity contribution in [3.8, 4) is 6.07 Å². The number of hydrogen-bond acceptors (Lipinski definition) is 5. The summed E-state index contributed by atoms with van der Waals surface area (Å²) in [6, 6.07) is 5.44. The molecule has 2 aromatic rings. The Hall–Kier alpha value is -2.14. The van der Waals surface area contributed by atoms with Crippen molar-refractivity contribution in [2.45, 2.75) is 43.7 Å². The van der Waals surface area contributed by atoms with Gasteiger partial charge in [0, 0.05) is 19.0 Å². The van der Waals surface area contributed by atoms with Crippen molar-refractivity contribution in [1.82, 2.24) is 14.8 Å². The number of thioether (sulfide) groups is 1. The molecule has 0 N–H and O–H groups in total. The number of allylic oxidation sites excluding steroid dienone is 1. The SMILES string of the molecule is N#C/C(=C\c1ccc(CSC(F)F)o1)c1nnc2n1CCCCC2. The minimum absolute atomic E-state index is 0.0910. The van der Waals surface area contributed by atoms with Crippen molar-refractivity contribution < 1.29 is 13.2 Å². The van der Waals surface area contributed by atoms with E-state index in [0.29, 0.717) is 34.7 Å². The van der Waals surface area contributed by atoms with E-state index < -0.39 is 5.76 Å². The monoisotopic (exact) mass is 350 g/mol. The third-order valence-electron chi connectivity index (χ3n) is 3.79. The highest BCUT2D eigenvalue weighted by atomic mass is 32.2. The van der Waals surface area contributed by atoms with Crippen LogP contribution < -0.4 is 0 Å². The number of aromatic nitrogens is 3. The molecule has 0 amide bonds. The van der Waals surface area contributed by atoms with Crippen LogP contribution in [0.15, 0.2) is 16.5 Å². The number of nitriles is 1. The zero-order valence-corrected chi connectivity index (χ0v) is 13.7. The largest absolute Gasteiger partial charge is 0.461 e. The first kappa shape index (κ1) is 16.7. The van der Waals surface area contributed by atoms with Crippen molar-refractivity contribution in [1.29, 1.82) is 5.26 Å². The minimum Gasteiger partial charge on any atom is -0.461 e. The Bertz CT molecular complexity index is 775. The van der Waals surface area contributed by atoms with Crippen LogP contribution in [0.2, 0.25) is 0 Å². The maximum atomic E-state index is 12.2. The van der Waals surface area contributed by atoms with E-state index in [9.17, 15) is 14.0 Å². The summed E-state index contributed by atoms with van der Waals surface area (Å²) in [5.74, 6) is -0.0128. The summed E-state index contributed by atoms with van der Waals surface area (Å²) in [5, 5.41) is 17.8.